The molecule has 1 heterocycles. The van der Waals surface area contributed by atoms with E-state index in [0.29, 0.717) is 25.4 Å². The van der Waals surface area contributed by atoms with Gasteiger partial charge in [-0.15, -0.1) is 0 Å². The highest BCUT2D eigenvalue weighted by Crippen LogP contribution is 2.27. The first kappa shape index (κ1) is 12.3. The van der Waals surface area contributed by atoms with Crippen LogP contribution >= 0.6 is 0 Å². The summed E-state index contributed by atoms with van der Waals surface area (Å²) in [5.41, 5.74) is 6.24. The summed E-state index contributed by atoms with van der Waals surface area (Å²) in [6.07, 6.45) is 9.28. The maximum atomic E-state index is 11.5. The van der Waals surface area contributed by atoms with Gasteiger partial charge in [-0.25, -0.2) is 0 Å². The number of carbonyl (C=O) groups excluding carboxylic acids is 1. The number of carbonyl (C=O) groups is 1. The van der Waals surface area contributed by atoms with Gasteiger partial charge < -0.3 is 5.73 Å². The van der Waals surface area contributed by atoms with E-state index in [0.717, 1.165) is 5.69 Å². The Hall–Kier alpha value is -1.16. The van der Waals surface area contributed by atoms with Crippen molar-refractivity contribution in [2.45, 2.75) is 51.0 Å². The van der Waals surface area contributed by atoms with Gasteiger partial charge in [0.1, 0.15) is 5.78 Å². The Bertz CT molecular complexity index is 366. The number of hydrogen-bond donors (Lipinski definition) is 1. The van der Waals surface area contributed by atoms with E-state index < -0.39 is 0 Å². The topological polar surface area (TPSA) is 60.9 Å². The number of nitrogens with zero attached hydrogens (tertiary/aromatic N) is 2. The Morgan fingerprint density at radius 3 is 2.88 bits per heavy atom. The predicted octanol–water partition coefficient (Wildman–Crippen LogP) is 1.85. The molecular formula is C13H21N3O. The van der Waals surface area contributed by atoms with Crippen LogP contribution in [0.15, 0.2) is 12.3 Å². The summed E-state index contributed by atoms with van der Waals surface area (Å²) in [7, 11) is 0. The molecule has 0 radical (unpaired) electrons. The van der Waals surface area contributed by atoms with E-state index >= 15 is 0 Å². The van der Waals surface area contributed by atoms with Crippen molar-refractivity contribution >= 4 is 5.78 Å². The van der Waals surface area contributed by atoms with Crippen LogP contribution < -0.4 is 5.73 Å². The van der Waals surface area contributed by atoms with Crippen LogP contribution in [0.4, 0.5) is 0 Å². The lowest BCUT2D eigenvalue weighted by Gasteiger charge is -2.21. The van der Waals surface area contributed by atoms with E-state index in [1.54, 1.807) is 0 Å². The molecular weight excluding hydrogens is 214 g/mol. The van der Waals surface area contributed by atoms with Crippen LogP contribution in [0.1, 0.15) is 50.3 Å². The second kappa shape index (κ2) is 5.96. The van der Waals surface area contributed by atoms with E-state index in [1.807, 2.05) is 16.9 Å². The molecule has 0 amide bonds. The quantitative estimate of drug-likeness (QED) is 0.847. The Morgan fingerprint density at radius 1 is 1.41 bits per heavy atom. The second-order valence-electron chi connectivity index (χ2n) is 4.83. The van der Waals surface area contributed by atoms with Crippen LogP contribution in [0.5, 0.6) is 0 Å². The standard InChI is InChI=1S/C13H21N3O/c14-8-6-13(17)10-11-7-9-16(15-11)12-4-2-1-3-5-12/h7,9,12H,1-6,8,10,14H2. The van der Waals surface area contributed by atoms with Gasteiger partial charge in [-0.1, -0.05) is 19.3 Å². The normalized spacial score (nSPS) is 17.2. The number of hydrogen-bond acceptors (Lipinski definition) is 3. The van der Waals surface area contributed by atoms with Gasteiger partial charge >= 0.3 is 0 Å². The molecule has 4 heteroatoms. The fourth-order valence-electron chi connectivity index (χ4n) is 2.47. The monoisotopic (exact) mass is 235 g/mol. The molecule has 1 aromatic rings. The van der Waals surface area contributed by atoms with Crippen molar-refractivity contribution in [1.82, 2.24) is 9.78 Å². The van der Waals surface area contributed by atoms with Gasteiger partial charge in [0.05, 0.1) is 18.2 Å². The molecule has 0 unspecified atom stereocenters. The lowest BCUT2D eigenvalue weighted by molar-refractivity contribution is -0.118. The van der Waals surface area contributed by atoms with E-state index in [4.69, 9.17) is 5.73 Å². The fourth-order valence-corrected chi connectivity index (χ4v) is 2.47. The van der Waals surface area contributed by atoms with E-state index in [1.165, 1.54) is 32.1 Å². The highest BCUT2D eigenvalue weighted by Gasteiger charge is 2.16. The van der Waals surface area contributed by atoms with E-state index in [-0.39, 0.29) is 5.78 Å². The largest absolute Gasteiger partial charge is 0.330 e. The average molecular weight is 235 g/mol. The van der Waals surface area contributed by atoms with Crippen LogP contribution in [0.3, 0.4) is 0 Å². The zero-order chi connectivity index (χ0) is 12.1. The van der Waals surface area contributed by atoms with Crippen molar-refractivity contribution in [2.24, 2.45) is 5.73 Å². The molecule has 0 bridgehead atoms. The first-order valence-electron chi connectivity index (χ1n) is 6.55. The van der Waals surface area contributed by atoms with Crippen molar-refractivity contribution in [1.29, 1.82) is 0 Å². The first-order chi connectivity index (χ1) is 8.29. The lowest BCUT2D eigenvalue weighted by atomic mass is 9.96. The molecule has 2 N–H and O–H groups in total. The Labute approximate surface area is 102 Å². The highest BCUT2D eigenvalue weighted by molar-refractivity contribution is 5.80. The molecule has 0 aliphatic heterocycles. The third-order valence-corrected chi connectivity index (χ3v) is 3.41. The van der Waals surface area contributed by atoms with Gasteiger partial charge in [0.25, 0.3) is 0 Å². The zero-order valence-corrected chi connectivity index (χ0v) is 10.3. The maximum Gasteiger partial charge on any atom is 0.140 e. The molecule has 1 fully saturated rings. The minimum atomic E-state index is 0.182. The summed E-state index contributed by atoms with van der Waals surface area (Å²) in [5.74, 6) is 0.182. The number of Topliss-reactive ketones (excluding diaryl/α,β-unsaturated/α-hetero) is 1. The van der Waals surface area contributed by atoms with Crippen molar-refractivity contribution in [2.75, 3.05) is 6.54 Å². The summed E-state index contributed by atoms with van der Waals surface area (Å²) in [4.78, 5) is 11.5. The first-order valence-corrected chi connectivity index (χ1v) is 6.55. The molecule has 1 aliphatic carbocycles. The van der Waals surface area contributed by atoms with Crippen LogP contribution in [-0.4, -0.2) is 22.1 Å². The molecule has 0 atom stereocenters. The van der Waals surface area contributed by atoms with Gasteiger partial charge in [0, 0.05) is 12.6 Å². The zero-order valence-electron chi connectivity index (χ0n) is 10.3. The van der Waals surface area contributed by atoms with Crippen LogP contribution in [0.2, 0.25) is 0 Å². The second-order valence-corrected chi connectivity index (χ2v) is 4.83. The van der Waals surface area contributed by atoms with Crippen LogP contribution in [0.25, 0.3) is 0 Å². The Balaban J connectivity index is 1.93. The van der Waals surface area contributed by atoms with Gasteiger partial charge in [0.15, 0.2) is 0 Å². The Kier molecular flexibility index (Phi) is 4.31. The summed E-state index contributed by atoms with van der Waals surface area (Å²) >= 11 is 0. The summed E-state index contributed by atoms with van der Waals surface area (Å²) in [6.45, 7) is 0.433. The van der Waals surface area contributed by atoms with Crippen molar-refractivity contribution in [3.63, 3.8) is 0 Å². The van der Waals surface area contributed by atoms with Gasteiger partial charge in [0.2, 0.25) is 0 Å². The summed E-state index contributed by atoms with van der Waals surface area (Å²) in [5, 5.41) is 4.51. The fraction of sp³-hybridized carbons (Fsp3) is 0.692. The van der Waals surface area contributed by atoms with Gasteiger partial charge in [-0.3, -0.25) is 9.48 Å². The van der Waals surface area contributed by atoms with E-state index in [2.05, 4.69) is 5.10 Å². The minimum Gasteiger partial charge on any atom is -0.330 e. The van der Waals surface area contributed by atoms with Crippen LogP contribution in [0, 0.1) is 0 Å². The molecule has 0 saturated heterocycles. The molecule has 1 saturated carbocycles. The maximum absolute atomic E-state index is 11.5. The molecule has 0 aromatic carbocycles. The van der Waals surface area contributed by atoms with Crippen LogP contribution in [-0.2, 0) is 11.2 Å². The van der Waals surface area contributed by atoms with E-state index in [9.17, 15) is 4.79 Å². The number of nitrogens with two attached hydrogens (primary N) is 1. The molecule has 1 aromatic heterocycles. The van der Waals surface area contributed by atoms with Crippen molar-refractivity contribution in [3.05, 3.63) is 18.0 Å². The molecule has 1 aliphatic rings. The molecule has 4 nitrogen and oxygen atoms in total. The molecule has 0 spiro atoms. The number of aromatic nitrogens is 2. The van der Waals surface area contributed by atoms with Crippen molar-refractivity contribution in [3.8, 4) is 0 Å². The number of rotatable bonds is 5. The highest BCUT2D eigenvalue weighted by atomic mass is 16.1. The third-order valence-electron chi connectivity index (χ3n) is 3.41. The smallest absolute Gasteiger partial charge is 0.140 e. The molecule has 17 heavy (non-hydrogen) atoms. The van der Waals surface area contributed by atoms with Gasteiger partial charge in [-0.05, 0) is 25.5 Å². The molecule has 2 rings (SSSR count). The predicted molar refractivity (Wildman–Crippen MR) is 66.7 cm³/mol. The number of ketones is 1. The third kappa shape index (κ3) is 3.40. The summed E-state index contributed by atoms with van der Waals surface area (Å²) in [6, 6.07) is 2.50. The summed E-state index contributed by atoms with van der Waals surface area (Å²) < 4.78 is 2.05. The van der Waals surface area contributed by atoms with Crippen molar-refractivity contribution < 1.29 is 4.79 Å². The SMILES string of the molecule is NCCC(=O)Cc1ccn(C2CCCCC2)n1. The Morgan fingerprint density at radius 2 is 2.18 bits per heavy atom. The lowest BCUT2D eigenvalue weighted by Crippen LogP contribution is -2.14. The van der Waals surface area contributed by atoms with Gasteiger partial charge in [-0.2, -0.15) is 5.10 Å². The minimum absolute atomic E-state index is 0.182. The molecule has 94 valence electrons. The average Bonchev–Trinajstić information content (AvgIpc) is 2.79.